The predicted molar refractivity (Wildman–Crippen MR) is 115 cm³/mol. The lowest BCUT2D eigenvalue weighted by atomic mass is 10.2. The highest BCUT2D eigenvalue weighted by Crippen LogP contribution is 2.17. The third-order valence-corrected chi connectivity index (χ3v) is 5.07. The first kappa shape index (κ1) is 23.4. The Balaban J connectivity index is 1.56. The van der Waals surface area contributed by atoms with E-state index in [-0.39, 0.29) is 37.2 Å². The van der Waals surface area contributed by atoms with Crippen molar-refractivity contribution in [1.29, 1.82) is 0 Å². The number of benzene rings is 1. The number of rotatable bonds is 9. The van der Waals surface area contributed by atoms with Crippen molar-refractivity contribution in [2.24, 2.45) is 0 Å². The molecule has 1 saturated heterocycles. The molecule has 172 valence electrons. The van der Waals surface area contributed by atoms with Crippen LogP contribution in [0.15, 0.2) is 28.8 Å². The van der Waals surface area contributed by atoms with E-state index >= 15 is 0 Å². The number of ether oxygens (including phenoxy) is 1. The third-order valence-electron chi connectivity index (χ3n) is 5.07. The minimum atomic E-state index is -0.462. The van der Waals surface area contributed by atoms with Gasteiger partial charge < -0.3 is 19.9 Å². The molecule has 0 radical (unpaired) electrons. The van der Waals surface area contributed by atoms with E-state index < -0.39 is 17.6 Å². The predicted octanol–water partition coefficient (Wildman–Crippen LogP) is 2.48. The minimum absolute atomic E-state index is 0.0206. The fourth-order valence-corrected chi connectivity index (χ4v) is 3.26. The van der Waals surface area contributed by atoms with Crippen LogP contribution in [0, 0.1) is 19.7 Å². The van der Waals surface area contributed by atoms with Crippen LogP contribution in [-0.4, -0.2) is 48.7 Å². The molecule has 0 aliphatic carbocycles. The number of halogens is 1. The molecule has 0 bridgehead atoms. The van der Waals surface area contributed by atoms with Crippen LogP contribution >= 0.6 is 0 Å². The van der Waals surface area contributed by atoms with E-state index in [0.29, 0.717) is 30.2 Å². The minimum Gasteiger partial charge on any atom is -0.376 e. The number of hydrogen-bond acceptors (Lipinski definition) is 6. The standard InChI is InChI=1S/C22H27FN4O5/c1-14-5-6-16(11-18(14)23)25-20(28)7-8-22(30)27(19-10-15(2)32-26-19)13-21(29)24-12-17-4-3-9-31-17/h5-6,10-11,17H,3-4,7-9,12-13H2,1-2H3,(H,24,29)(H,25,28)/t17-/m1/s1. The molecule has 2 heterocycles. The number of aromatic nitrogens is 1. The molecule has 1 aromatic heterocycles. The maximum absolute atomic E-state index is 13.6. The second-order valence-corrected chi connectivity index (χ2v) is 7.73. The van der Waals surface area contributed by atoms with E-state index in [9.17, 15) is 18.8 Å². The lowest BCUT2D eigenvalue weighted by molar-refractivity contribution is -0.125. The summed E-state index contributed by atoms with van der Waals surface area (Å²) in [6.45, 7) is 4.08. The van der Waals surface area contributed by atoms with Gasteiger partial charge in [0.2, 0.25) is 17.7 Å². The summed E-state index contributed by atoms with van der Waals surface area (Å²) in [7, 11) is 0. The summed E-state index contributed by atoms with van der Waals surface area (Å²) in [5.41, 5.74) is 0.775. The van der Waals surface area contributed by atoms with Gasteiger partial charge in [0.25, 0.3) is 0 Å². The van der Waals surface area contributed by atoms with Gasteiger partial charge in [-0.1, -0.05) is 11.2 Å². The van der Waals surface area contributed by atoms with Crippen molar-refractivity contribution in [3.8, 4) is 0 Å². The van der Waals surface area contributed by atoms with Crippen molar-refractivity contribution in [2.45, 2.75) is 45.6 Å². The Morgan fingerprint density at radius 1 is 1.19 bits per heavy atom. The first-order valence-electron chi connectivity index (χ1n) is 10.5. The molecule has 3 rings (SSSR count). The van der Waals surface area contributed by atoms with E-state index in [1.165, 1.54) is 11.0 Å². The van der Waals surface area contributed by atoms with Crippen LogP contribution in [0.1, 0.15) is 37.0 Å². The average Bonchev–Trinajstić information content (AvgIpc) is 3.43. The zero-order valence-electron chi connectivity index (χ0n) is 18.2. The van der Waals surface area contributed by atoms with Crippen LogP contribution in [0.4, 0.5) is 15.9 Å². The molecule has 0 spiro atoms. The first-order valence-corrected chi connectivity index (χ1v) is 10.5. The van der Waals surface area contributed by atoms with Crippen LogP contribution in [0.3, 0.4) is 0 Å². The van der Waals surface area contributed by atoms with Crippen LogP contribution in [0.2, 0.25) is 0 Å². The highest BCUT2D eigenvalue weighted by Gasteiger charge is 2.24. The lowest BCUT2D eigenvalue weighted by Crippen LogP contribution is -2.43. The van der Waals surface area contributed by atoms with Crippen LogP contribution in [0.25, 0.3) is 0 Å². The summed E-state index contributed by atoms with van der Waals surface area (Å²) in [4.78, 5) is 38.6. The molecule has 1 fully saturated rings. The van der Waals surface area contributed by atoms with Gasteiger partial charge >= 0.3 is 0 Å². The zero-order chi connectivity index (χ0) is 23.1. The van der Waals surface area contributed by atoms with Crippen molar-refractivity contribution >= 4 is 29.2 Å². The molecular weight excluding hydrogens is 419 g/mol. The molecule has 1 aromatic carbocycles. The fraction of sp³-hybridized carbons (Fsp3) is 0.455. The van der Waals surface area contributed by atoms with Crippen molar-refractivity contribution in [3.63, 3.8) is 0 Å². The highest BCUT2D eigenvalue weighted by molar-refractivity contribution is 6.00. The number of aryl methyl sites for hydroxylation is 2. The maximum Gasteiger partial charge on any atom is 0.240 e. The monoisotopic (exact) mass is 446 g/mol. The Morgan fingerprint density at radius 2 is 2.00 bits per heavy atom. The summed E-state index contributed by atoms with van der Waals surface area (Å²) in [5, 5.41) is 9.15. The molecule has 0 saturated carbocycles. The van der Waals surface area contributed by atoms with E-state index in [1.807, 2.05) is 0 Å². The molecule has 10 heteroatoms. The summed E-state index contributed by atoms with van der Waals surface area (Å²) in [6.07, 6.45) is 1.52. The van der Waals surface area contributed by atoms with Gasteiger partial charge in [0.1, 0.15) is 18.1 Å². The van der Waals surface area contributed by atoms with Gasteiger partial charge in [-0.2, -0.15) is 0 Å². The van der Waals surface area contributed by atoms with E-state index in [2.05, 4.69) is 15.8 Å². The molecule has 2 aromatic rings. The molecule has 9 nitrogen and oxygen atoms in total. The number of nitrogens with one attached hydrogen (secondary N) is 2. The Morgan fingerprint density at radius 3 is 2.66 bits per heavy atom. The Bertz CT molecular complexity index is 971. The van der Waals surface area contributed by atoms with Gasteiger partial charge in [-0.05, 0) is 44.4 Å². The van der Waals surface area contributed by atoms with Crippen LogP contribution in [0.5, 0.6) is 0 Å². The number of hydrogen-bond donors (Lipinski definition) is 2. The van der Waals surface area contributed by atoms with E-state index in [4.69, 9.17) is 9.26 Å². The normalized spacial score (nSPS) is 15.4. The number of anilines is 2. The topological polar surface area (TPSA) is 114 Å². The SMILES string of the molecule is Cc1cc(N(CC(=O)NC[C@H]2CCCO2)C(=O)CCC(=O)Nc2ccc(C)c(F)c2)no1. The van der Waals surface area contributed by atoms with Gasteiger partial charge in [-0.15, -0.1) is 0 Å². The van der Waals surface area contributed by atoms with Crippen molar-refractivity contribution in [1.82, 2.24) is 10.5 Å². The number of amides is 3. The lowest BCUT2D eigenvalue weighted by Gasteiger charge is -2.20. The summed E-state index contributed by atoms with van der Waals surface area (Å²) >= 11 is 0. The number of nitrogens with zero attached hydrogens (tertiary/aromatic N) is 2. The number of carbonyl (C=O) groups excluding carboxylic acids is 3. The van der Waals surface area contributed by atoms with Gasteiger partial charge in [-0.25, -0.2) is 4.39 Å². The van der Waals surface area contributed by atoms with E-state index in [0.717, 1.165) is 12.8 Å². The number of carbonyl (C=O) groups is 3. The van der Waals surface area contributed by atoms with Gasteiger partial charge in [0.05, 0.1) is 6.10 Å². The zero-order valence-corrected chi connectivity index (χ0v) is 18.2. The molecule has 32 heavy (non-hydrogen) atoms. The fourth-order valence-electron chi connectivity index (χ4n) is 3.26. The molecule has 1 atom stereocenters. The van der Waals surface area contributed by atoms with E-state index in [1.54, 1.807) is 32.0 Å². The Labute approximate surface area is 185 Å². The second kappa shape index (κ2) is 10.9. The summed E-state index contributed by atoms with van der Waals surface area (Å²) in [5.74, 6) is -1.02. The van der Waals surface area contributed by atoms with Crippen molar-refractivity contribution in [2.75, 3.05) is 29.9 Å². The smallest absolute Gasteiger partial charge is 0.240 e. The quantitative estimate of drug-likeness (QED) is 0.612. The van der Waals surface area contributed by atoms with Crippen molar-refractivity contribution in [3.05, 3.63) is 41.4 Å². The second-order valence-electron chi connectivity index (χ2n) is 7.73. The highest BCUT2D eigenvalue weighted by atomic mass is 19.1. The largest absolute Gasteiger partial charge is 0.376 e. The molecule has 0 unspecified atom stereocenters. The third kappa shape index (κ3) is 6.61. The summed E-state index contributed by atoms with van der Waals surface area (Å²) < 4.78 is 24.2. The Kier molecular flexibility index (Phi) is 7.93. The molecule has 1 aliphatic rings. The van der Waals surface area contributed by atoms with Gasteiger partial charge in [0, 0.05) is 37.7 Å². The van der Waals surface area contributed by atoms with Crippen LogP contribution in [-0.2, 0) is 19.1 Å². The van der Waals surface area contributed by atoms with Crippen molar-refractivity contribution < 1.29 is 28.0 Å². The summed E-state index contributed by atoms with van der Waals surface area (Å²) in [6, 6.07) is 5.90. The first-order chi connectivity index (χ1) is 15.3. The van der Waals surface area contributed by atoms with Crippen LogP contribution < -0.4 is 15.5 Å². The molecule has 3 amide bonds. The van der Waals surface area contributed by atoms with Gasteiger partial charge in [0.15, 0.2) is 5.82 Å². The van der Waals surface area contributed by atoms with Gasteiger partial charge in [-0.3, -0.25) is 19.3 Å². The maximum atomic E-state index is 13.6. The average molecular weight is 446 g/mol. The molecule has 1 aliphatic heterocycles. The Hall–Kier alpha value is -3.27. The molecule has 2 N–H and O–H groups in total. The molecular formula is C22H27FN4O5.